The van der Waals surface area contributed by atoms with Crippen molar-refractivity contribution in [3.8, 4) is 0 Å². The molecule has 2 nitrogen and oxygen atoms in total. The SMILES string of the molecule is Cc1cc(P(OCc2ccccc2)c2ccccc2)cc(Cl)c1C=O.[LiH]. The van der Waals surface area contributed by atoms with Crippen LogP contribution in [0.5, 0.6) is 0 Å². The topological polar surface area (TPSA) is 26.3 Å². The van der Waals surface area contributed by atoms with Crippen LogP contribution in [-0.2, 0) is 11.1 Å². The molecule has 0 spiro atoms. The first-order chi connectivity index (χ1) is 12.2. The van der Waals surface area contributed by atoms with Crippen LogP contribution in [0, 0.1) is 6.92 Å². The monoisotopic (exact) mass is 376 g/mol. The number of carbonyl (C=O) groups is 1. The van der Waals surface area contributed by atoms with Crippen molar-refractivity contribution in [2.24, 2.45) is 0 Å². The Morgan fingerprint density at radius 3 is 2.15 bits per heavy atom. The van der Waals surface area contributed by atoms with Crippen LogP contribution in [0.15, 0.2) is 72.8 Å². The van der Waals surface area contributed by atoms with Gasteiger partial charge in [-0.25, -0.2) is 0 Å². The molecule has 3 rings (SSSR count). The molecule has 1 atom stereocenters. The van der Waals surface area contributed by atoms with E-state index < -0.39 is 8.15 Å². The van der Waals surface area contributed by atoms with E-state index in [1.165, 1.54) is 0 Å². The van der Waals surface area contributed by atoms with Crippen molar-refractivity contribution in [3.63, 3.8) is 0 Å². The molecule has 0 saturated heterocycles. The molecule has 128 valence electrons. The minimum absolute atomic E-state index is 0. The fourth-order valence-corrected chi connectivity index (χ4v) is 4.84. The predicted molar refractivity (Wildman–Crippen MR) is 113 cm³/mol. The maximum absolute atomic E-state index is 11.2. The Labute approximate surface area is 172 Å². The zero-order valence-electron chi connectivity index (χ0n) is 13.9. The number of aldehydes is 1. The second kappa shape index (κ2) is 10.1. The maximum atomic E-state index is 11.2. The minimum atomic E-state index is -1.02. The molecule has 1 unspecified atom stereocenters. The van der Waals surface area contributed by atoms with E-state index in [2.05, 4.69) is 12.1 Å². The molecule has 0 aliphatic carbocycles. The van der Waals surface area contributed by atoms with Gasteiger partial charge in [0.25, 0.3) is 0 Å². The van der Waals surface area contributed by atoms with Crippen molar-refractivity contribution < 1.29 is 9.32 Å². The number of carbonyl (C=O) groups excluding carboxylic acids is 1. The molecule has 3 aromatic rings. The first kappa shape index (κ1) is 20.9. The van der Waals surface area contributed by atoms with Crippen molar-refractivity contribution in [1.29, 1.82) is 0 Å². The first-order valence-corrected chi connectivity index (χ1v) is 9.60. The molecular formula is C21H19ClLiO2P. The molecule has 0 aliphatic heterocycles. The molecule has 0 aliphatic rings. The first-order valence-electron chi connectivity index (χ1n) is 7.96. The van der Waals surface area contributed by atoms with Gasteiger partial charge in [-0.2, -0.15) is 0 Å². The number of halogens is 1. The number of benzene rings is 3. The summed E-state index contributed by atoms with van der Waals surface area (Å²) in [5, 5.41) is 2.59. The third-order valence-corrected chi connectivity index (χ3v) is 6.06. The molecule has 0 aromatic heterocycles. The van der Waals surface area contributed by atoms with Crippen LogP contribution >= 0.6 is 19.7 Å². The van der Waals surface area contributed by atoms with Crippen LogP contribution < -0.4 is 10.6 Å². The average molecular weight is 377 g/mol. The van der Waals surface area contributed by atoms with Crippen LogP contribution in [0.4, 0.5) is 0 Å². The van der Waals surface area contributed by atoms with Crippen LogP contribution in [0.1, 0.15) is 21.5 Å². The van der Waals surface area contributed by atoms with Gasteiger partial charge in [0.05, 0.1) is 19.8 Å². The molecule has 0 amide bonds. The summed E-state index contributed by atoms with van der Waals surface area (Å²) in [4.78, 5) is 11.2. The predicted octanol–water partition coefficient (Wildman–Crippen LogP) is 4.38. The molecule has 26 heavy (non-hydrogen) atoms. The second-order valence-corrected chi connectivity index (χ2v) is 7.95. The van der Waals surface area contributed by atoms with E-state index in [1.807, 2.05) is 67.6 Å². The summed E-state index contributed by atoms with van der Waals surface area (Å²) >= 11 is 6.31. The van der Waals surface area contributed by atoms with Crippen molar-refractivity contribution in [2.45, 2.75) is 13.5 Å². The molecule has 5 heteroatoms. The van der Waals surface area contributed by atoms with Crippen LogP contribution in [-0.4, -0.2) is 25.1 Å². The summed E-state index contributed by atoms with van der Waals surface area (Å²) in [5.74, 6) is 0. The van der Waals surface area contributed by atoms with Gasteiger partial charge < -0.3 is 4.52 Å². The van der Waals surface area contributed by atoms with E-state index in [0.29, 0.717) is 17.2 Å². The fourth-order valence-electron chi connectivity index (χ4n) is 2.58. The Kier molecular flexibility index (Phi) is 8.10. The standard InChI is InChI=1S/C21H18ClO2P.Li.H/c1-16-12-19(13-21(22)20(16)14-23)25(18-10-6-3-7-11-18)24-15-17-8-4-2-5-9-17;;/h2-14H,15H2,1H3;;. The van der Waals surface area contributed by atoms with E-state index in [0.717, 1.165) is 28.0 Å². The zero-order chi connectivity index (χ0) is 17.6. The summed E-state index contributed by atoms with van der Waals surface area (Å²) < 4.78 is 6.30. The van der Waals surface area contributed by atoms with Crippen LogP contribution in [0.3, 0.4) is 0 Å². The van der Waals surface area contributed by atoms with Gasteiger partial charge in [0.1, 0.15) is 0 Å². The Hall–Kier alpha value is -1.39. The number of aryl methyl sites for hydroxylation is 1. The molecule has 0 saturated carbocycles. The second-order valence-electron chi connectivity index (χ2n) is 5.66. The Morgan fingerprint density at radius 2 is 1.58 bits per heavy atom. The van der Waals surface area contributed by atoms with E-state index in [4.69, 9.17) is 16.1 Å². The Bertz CT molecular complexity index is 833. The average Bonchev–Trinajstić information content (AvgIpc) is 2.63. The summed E-state index contributed by atoms with van der Waals surface area (Å²) in [6.45, 7) is 2.42. The fraction of sp³-hybridized carbons (Fsp3) is 0.0952. The molecule has 0 bridgehead atoms. The number of hydrogen-bond acceptors (Lipinski definition) is 2. The Balaban J connectivity index is 0.00000243. The van der Waals surface area contributed by atoms with Gasteiger partial charge in [0.15, 0.2) is 6.29 Å². The van der Waals surface area contributed by atoms with Gasteiger partial charge in [-0.3, -0.25) is 4.79 Å². The molecule has 0 radical (unpaired) electrons. The third kappa shape index (κ3) is 5.07. The van der Waals surface area contributed by atoms with Crippen molar-refractivity contribution >= 4 is 55.5 Å². The normalized spacial score (nSPS) is 11.5. The van der Waals surface area contributed by atoms with Gasteiger partial charge in [-0.1, -0.05) is 72.3 Å². The summed E-state index contributed by atoms with van der Waals surface area (Å²) in [5.41, 5.74) is 2.53. The van der Waals surface area contributed by atoms with Gasteiger partial charge >= 0.3 is 18.9 Å². The van der Waals surface area contributed by atoms with E-state index in [9.17, 15) is 4.79 Å². The van der Waals surface area contributed by atoms with Gasteiger partial charge in [-0.05, 0) is 30.2 Å². The van der Waals surface area contributed by atoms with E-state index in [-0.39, 0.29) is 18.9 Å². The molecule has 0 heterocycles. The number of hydrogen-bond donors (Lipinski definition) is 0. The summed E-state index contributed by atoms with van der Waals surface area (Å²) in [6, 6.07) is 24.1. The molecule has 3 aromatic carbocycles. The number of rotatable bonds is 6. The quantitative estimate of drug-likeness (QED) is 0.362. The van der Waals surface area contributed by atoms with Gasteiger partial charge in [-0.15, -0.1) is 0 Å². The Morgan fingerprint density at radius 1 is 0.962 bits per heavy atom. The van der Waals surface area contributed by atoms with Gasteiger partial charge in [0.2, 0.25) is 0 Å². The van der Waals surface area contributed by atoms with E-state index in [1.54, 1.807) is 0 Å². The zero-order valence-corrected chi connectivity index (χ0v) is 15.5. The molecule has 0 N–H and O–H groups in total. The third-order valence-electron chi connectivity index (χ3n) is 3.87. The summed E-state index contributed by atoms with van der Waals surface area (Å²) in [6.07, 6.45) is 0.803. The van der Waals surface area contributed by atoms with Crippen LogP contribution in [0.2, 0.25) is 5.02 Å². The van der Waals surface area contributed by atoms with Crippen LogP contribution in [0.25, 0.3) is 0 Å². The van der Waals surface area contributed by atoms with Crippen molar-refractivity contribution in [3.05, 3.63) is 94.5 Å². The van der Waals surface area contributed by atoms with E-state index >= 15 is 0 Å². The van der Waals surface area contributed by atoms with Crippen molar-refractivity contribution in [1.82, 2.24) is 0 Å². The summed E-state index contributed by atoms with van der Waals surface area (Å²) in [7, 11) is -1.02. The molecule has 0 fully saturated rings. The van der Waals surface area contributed by atoms with Crippen molar-refractivity contribution in [2.75, 3.05) is 0 Å². The van der Waals surface area contributed by atoms with Gasteiger partial charge in [0, 0.05) is 16.2 Å². The molecular weight excluding hydrogens is 358 g/mol.